The first-order valence-electron chi connectivity index (χ1n) is 2.31. The third-order valence-electron chi connectivity index (χ3n) is 0.747. The lowest BCUT2D eigenvalue weighted by atomic mass is 10.3. The van der Waals surface area contributed by atoms with Crippen LogP contribution in [0.3, 0.4) is 0 Å². The lowest BCUT2D eigenvalue weighted by Gasteiger charge is -1.88. The Morgan fingerprint density at radius 2 is 1.78 bits per heavy atom. The summed E-state index contributed by atoms with van der Waals surface area (Å²) in [4.78, 5) is 20.2. The summed E-state index contributed by atoms with van der Waals surface area (Å²) in [7, 11) is 0. The number of rotatable bonds is 2. The van der Waals surface area contributed by atoms with E-state index < -0.39 is 11.8 Å². The molecule has 0 aromatic heterocycles. The minimum Gasteiger partial charge on any atom is -0.366 e. The van der Waals surface area contributed by atoms with Crippen molar-refractivity contribution >= 4 is 11.8 Å². The summed E-state index contributed by atoms with van der Waals surface area (Å²) >= 11 is 0. The van der Waals surface area contributed by atoms with E-state index in [-0.39, 0.29) is 5.57 Å². The SMILES string of the molecule is CC(=CC(N)=O)C(N)=O. The predicted molar refractivity (Wildman–Crippen MR) is 32.1 cm³/mol. The van der Waals surface area contributed by atoms with Gasteiger partial charge in [-0.25, -0.2) is 0 Å². The molecule has 0 atom stereocenters. The summed E-state index contributed by atoms with van der Waals surface area (Å²) < 4.78 is 0. The molecule has 2 amide bonds. The van der Waals surface area contributed by atoms with E-state index in [9.17, 15) is 9.59 Å². The van der Waals surface area contributed by atoms with E-state index in [1.165, 1.54) is 6.92 Å². The van der Waals surface area contributed by atoms with Gasteiger partial charge < -0.3 is 11.5 Å². The van der Waals surface area contributed by atoms with Gasteiger partial charge in [-0.1, -0.05) is 0 Å². The van der Waals surface area contributed by atoms with Crippen molar-refractivity contribution in [3.63, 3.8) is 0 Å². The Labute approximate surface area is 52.5 Å². The normalized spacial score (nSPS) is 11.0. The summed E-state index contributed by atoms with van der Waals surface area (Å²) in [5.41, 5.74) is 9.65. The Morgan fingerprint density at radius 3 is 1.89 bits per heavy atom. The number of hydrogen-bond donors (Lipinski definition) is 2. The zero-order valence-corrected chi connectivity index (χ0v) is 5.05. The van der Waals surface area contributed by atoms with Crippen molar-refractivity contribution in [1.29, 1.82) is 0 Å². The molecule has 0 rings (SSSR count). The van der Waals surface area contributed by atoms with Gasteiger partial charge in [0.2, 0.25) is 11.8 Å². The van der Waals surface area contributed by atoms with Crippen LogP contribution in [0.5, 0.6) is 0 Å². The molecule has 0 saturated heterocycles. The molecule has 0 fully saturated rings. The molecule has 4 nitrogen and oxygen atoms in total. The third-order valence-corrected chi connectivity index (χ3v) is 0.747. The van der Waals surface area contributed by atoms with Crippen molar-refractivity contribution in [2.75, 3.05) is 0 Å². The van der Waals surface area contributed by atoms with Crippen LogP contribution in [0, 0.1) is 0 Å². The Kier molecular flexibility index (Phi) is 2.44. The predicted octanol–water partition coefficient (Wildman–Crippen LogP) is -1.10. The first-order valence-corrected chi connectivity index (χ1v) is 2.31. The van der Waals surface area contributed by atoms with Crippen LogP contribution in [0.2, 0.25) is 0 Å². The van der Waals surface area contributed by atoms with Gasteiger partial charge in [0.05, 0.1) is 0 Å². The zero-order chi connectivity index (χ0) is 7.44. The van der Waals surface area contributed by atoms with Crippen LogP contribution in [0.4, 0.5) is 0 Å². The van der Waals surface area contributed by atoms with Gasteiger partial charge in [0.1, 0.15) is 0 Å². The van der Waals surface area contributed by atoms with Crippen LogP contribution in [-0.4, -0.2) is 11.8 Å². The molecule has 0 aliphatic rings. The largest absolute Gasteiger partial charge is 0.366 e. The van der Waals surface area contributed by atoms with E-state index in [1.807, 2.05) is 0 Å². The average molecular weight is 128 g/mol. The second-order valence-electron chi connectivity index (χ2n) is 1.59. The Bertz CT molecular complexity index is 172. The first kappa shape index (κ1) is 7.68. The standard InChI is InChI=1S/C5H8N2O2/c1-3(5(7)9)2-4(6)8/h2H,1H3,(H2,6,8)(H2,7,9). The Morgan fingerprint density at radius 1 is 1.33 bits per heavy atom. The van der Waals surface area contributed by atoms with Crippen molar-refractivity contribution < 1.29 is 9.59 Å². The Hall–Kier alpha value is -1.32. The number of primary amides is 2. The molecular weight excluding hydrogens is 120 g/mol. The fraction of sp³-hybridized carbons (Fsp3) is 0.200. The highest BCUT2D eigenvalue weighted by atomic mass is 16.1. The zero-order valence-electron chi connectivity index (χ0n) is 5.05. The molecule has 0 heterocycles. The number of hydrogen-bond acceptors (Lipinski definition) is 2. The quantitative estimate of drug-likeness (QED) is 0.462. The van der Waals surface area contributed by atoms with E-state index in [4.69, 9.17) is 11.5 Å². The van der Waals surface area contributed by atoms with Gasteiger partial charge in [0.15, 0.2) is 0 Å². The first-order chi connectivity index (χ1) is 4.04. The molecule has 0 spiro atoms. The molecule has 0 bridgehead atoms. The third kappa shape index (κ3) is 3.28. The minimum absolute atomic E-state index is 0.169. The van der Waals surface area contributed by atoms with Gasteiger partial charge in [-0.2, -0.15) is 0 Å². The lowest BCUT2D eigenvalue weighted by Crippen LogP contribution is -2.15. The molecule has 0 saturated carbocycles. The minimum atomic E-state index is -0.661. The van der Waals surface area contributed by atoms with Crippen LogP contribution < -0.4 is 11.5 Å². The fourth-order valence-electron chi connectivity index (χ4n) is 0.285. The van der Waals surface area contributed by atoms with E-state index in [1.54, 1.807) is 0 Å². The summed E-state index contributed by atoms with van der Waals surface area (Å²) in [6.07, 6.45) is 0.988. The molecule has 0 radical (unpaired) electrons. The van der Waals surface area contributed by atoms with Gasteiger partial charge in [-0.05, 0) is 6.92 Å². The van der Waals surface area contributed by atoms with Crippen molar-refractivity contribution in [1.82, 2.24) is 0 Å². The monoisotopic (exact) mass is 128 g/mol. The number of carbonyl (C=O) groups is 2. The van der Waals surface area contributed by atoms with Crippen molar-refractivity contribution in [3.8, 4) is 0 Å². The second-order valence-corrected chi connectivity index (χ2v) is 1.59. The molecule has 0 aliphatic heterocycles. The van der Waals surface area contributed by atoms with Gasteiger partial charge in [-0.3, -0.25) is 9.59 Å². The van der Waals surface area contributed by atoms with E-state index in [2.05, 4.69) is 0 Å². The molecular formula is C5H8N2O2. The van der Waals surface area contributed by atoms with Crippen LogP contribution in [0.15, 0.2) is 11.6 Å². The molecule has 0 aromatic rings. The van der Waals surface area contributed by atoms with Gasteiger partial charge >= 0.3 is 0 Å². The van der Waals surface area contributed by atoms with Crippen molar-refractivity contribution in [2.24, 2.45) is 11.5 Å². The van der Waals surface area contributed by atoms with E-state index in [0.717, 1.165) is 6.08 Å². The second kappa shape index (κ2) is 2.86. The van der Waals surface area contributed by atoms with Crippen LogP contribution >= 0.6 is 0 Å². The van der Waals surface area contributed by atoms with Crippen LogP contribution in [0.1, 0.15) is 6.92 Å². The van der Waals surface area contributed by atoms with Crippen LogP contribution in [-0.2, 0) is 9.59 Å². The topological polar surface area (TPSA) is 86.2 Å². The lowest BCUT2D eigenvalue weighted by molar-refractivity contribution is -0.116. The summed E-state index contributed by atoms with van der Waals surface area (Å²) in [6.45, 7) is 1.42. The van der Waals surface area contributed by atoms with E-state index in [0.29, 0.717) is 0 Å². The summed E-state index contributed by atoms with van der Waals surface area (Å²) in [6, 6.07) is 0. The number of carbonyl (C=O) groups excluding carboxylic acids is 2. The smallest absolute Gasteiger partial charge is 0.244 e. The number of amides is 2. The Balaban J connectivity index is 4.17. The van der Waals surface area contributed by atoms with Gasteiger partial charge in [0.25, 0.3) is 0 Å². The van der Waals surface area contributed by atoms with Gasteiger partial charge in [-0.15, -0.1) is 0 Å². The summed E-state index contributed by atoms with van der Waals surface area (Å²) in [5, 5.41) is 0. The van der Waals surface area contributed by atoms with E-state index >= 15 is 0 Å². The van der Waals surface area contributed by atoms with Gasteiger partial charge in [0, 0.05) is 11.6 Å². The van der Waals surface area contributed by atoms with Crippen molar-refractivity contribution in [2.45, 2.75) is 6.92 Å². The highest BCUT2D eigenvalue weighted by molar-refractivity contribution is 5.99. The fourth-order valence-corrected chi connectivity index (χ4v) is 0.285. The maximum absolute atomic E-state index is 10.2. The average Bonchev–Trinajstić information content (AvgIpc) is 1.63. The molecule has 4 heteroatoms. The van der Waals surface area contributed by atoms with Crippen molar-refractivity contribution in [3.05, 3.63) is 11.6 Å². The highest BCUT2D eigenvalue weighted by Gasteiger charge is 1.96. The molecule has 50 valence electrons. The molecule has 0 aromatic carbocycles. The maximum atomic E-state index is 10.2. The molecule has 9 heavy (non-hydrogen) atoms. The maximum Gasteiger partial charge on any atom is 0.244 e. The highest BCUT2D eigenvalue weighted by Crippen LogP contribution is 1.86. The molecule has 0 aliphatic carbocycles. The molecule has 0 unspecified atom stereocenters. The number of nitrogens with two attached hydrogens (primary N) is 2. The summed E-state index contributed by atoms with van der Waals surface area (Å²) in [5.74, 6) is -1.29. The van der Waals surface area contributed by atoms with Crippen LogP contribution in [0.25, 0.3) is 0 Å². The molecule has 4 N–H and O–H groups in total.